The van der Waals surface area contributed by atoms with E-state index in [0.29, 0.717) is 19.2 Å². The highest BCUT2D eigenvalue weighted by Crippen LogP contribution is 2.25. The van der Waals surface area contributed by atoms with Crippen molar-refractivity contribution >= 4 is 5.91 Å². The fraction of sp³-hybridized carbons (Fsp3) is 0.909. The number of nitrogens with one attached hydrogen (secondary N) is 1. The molecule has 1 aliphatic carbocycles. The number of nitrogens with zero attached hydrogens (tertiary/aromatic N) is 1. The number of morpholine rings is 1. The Hall–Kier alpha value is -0.610. The van der Waals surface area contributed by atoms with E-state index in [1.165, 1.54) is 19.3 Å². The number of rotatable bonds is 3. The van der Waals surface area contributed by atoms with Crippen LogP contribution in [0.4, 0.5) is 0 Å². The van der Waals surface area contributed by atoms with Gasteiger partial charge in [0.25, 0.3) is 5.91 Å². The molecule has 15 heavy (non-hydrogen) atoms. The number of likely N-dealkylation sites (N-methyl/N-ethyl adjacent to an activating group) is 1. The minimum atomic E-state index is -0.251. The second kappa shape index (κ2) is 4.94. The van der Waals surface area contributed by atoms with Crippen LogP contribution in [0.5, 0.6) is 0 Å². The van der Waals surface area contributed by atoms with E-state index in [4.69, 9.17) is 4.74 Å². The van der Waals surface area contributed by atoms with Crippen LogP contribution < -0.4 is 5.32 Å². The van der Waals surface area contributed by atoms with E-state index >= 15 is 0 Å². The molecule has 1 heterocycles. The highest BCUT2D eigenvalue weighted by molar-refractivity contribution is 5.81. The largest absolute Gasteiger partial charge is 0.366 e. The summed E-state index contributed by atoms with van der Waals surface area (Å²) in [4.78, 5) is 14.1. The van der Waals surface area contributed by atoms with Gasteiger partial charge in [-0.25, -0.2) is 0 Å². The molecule has 1 atom stereocenters. The molecule has 2 fully saturated rings. The molecule has 86 valence electrons. The number of carbonyl (C=O) groups is 1. The summed E-state index contributed by atoms with van der Waals surface area (Å²) < 4.78 is 5.49. The number of amides is 1. The van der Waals surface area contributed by atoms with Crippen molar-refractivity contribution in [2.75, 3.05) is 26.2 Å². The van der Waals surface area contributed by atoms with E-state index < -0.39 is 0 Å². The lowest BCUT2D eigenvalue weighted by Crippen LogP contribution is -2.53. The quantitative estimate of drug-likeness (QED) is 0.735. The van der Waals surface area contributed by atoms with E-state index in [1.807, 2.05) is 11.8 Å². The first-order chi connectivity index (χ1) is 7.33. The molecule has 1 aliphatic heterocycles. The molecule has 0 aromatic heterocycles. The zero-order valence-corrected chi connectivity index (χ0v) is 9.37. The molecule has 1 amide bonds. The number of hydrogen-bond acceptors (Lipinski definition) is 3. The number of carbonyl (C=O) groups excluding carboxylic acids is 1. The predicted molar refractivity (Wildman–Crippen MR) is 57.6 cm³/mol. The number of ether oxygens (including phenoxy) is 1. The van der Waals surface area contributed by atoms with Crippen molar-refractivity contribution in [2.45, 2.75) is 38.3 Å². The lowest BCUT2D eigenvalue weighted by atomic mass is 9.91. The van der Waals surface area contributed by atoms with Crippen LogP contribution in [-0.4, -0.2) is 49.2 Å². The Bertz CT molecular complexity index is 223. The summed E-state index contributed by atoms with van der Waals surface area (Å²) in [5.41, 5.74) is 0. The fourth-order valence-electron chi connectivity index (χ4n) is 2.20. The van der Waals surface area contributed by atoms with Crippen LogP contribution in [0.2, 0.25) is 0 Å². The van der Waals surface area contributed by atoms with Crippen LogP contribution in [0, 0.1) is 0 Å². The van der Waals surface area contributed by atoms with Gasteiger partial charge in [-0.15, -0.1) is 0 Å². The monoisotopic (exact) mass is 212 g/mol. The summed E-state index contributed by atoms with van der Waals surface area (Å²) in [5.74, 6) is 0.175. The second-order valence-electron chi connectivity index (χ2n) is 4.27. The summed E-state index contributed by atoms with van der Waals surface area (Å²) in [6.07, 6.45) is 3.34. The summed E-state index contributed by atoms with van der Waals surface area (Å²) in [5, 5.41) is 3.20. The maximum atomic E-state index is 12.1. The third kappa shape index (κ3) is 2.32. The maximum absolute atomic E-state index is 12.1. The van der Waals surface area contributed by atoms with Gasteiger partial charge in [0.1, 0.15) is 6.10 Å². The SMILES string of the molecule is CCN(C(=O)C1CNCCO1)C1CCC1. The van der Waals surface area contributed by atoms with Gasteiger partial charge >= 0.3 is 0 Å². The maximum Gasteiger partial charge on any atom is 0.253 e. The van der Waals surface area contributed by atoms with Gasteiger partial charge < -0.3 is 15.0 Å². The molecule has 0 spiro atoms. The Morgan fingerprint density at radius 2 is 2.33 bits per heavy atom. The summed E-state index contributed by atoms with van der Waals surface area (Å²) in [7, 11) is 0. The van der Waals surface area contributed by atoms with Crippen LogP contribution in [0.3, 0.4) is 0 Å². The standard InChI is InChI=1S/C11H20N2O2/c1-2-13(9-4-3-5-9)11(14)10-8-12-6-7-15-10/h9-10,12H,2-8H2,1H3. The minimum absolute atomic E-state index is 0.175. The van der Waals surface area contributed by atoms with Crippen LogP contribution in [0.25, 0.3) is 0 Å². The summed E-state index contributed by atoms with van der Waals surface area (Å²) in [6.45, 7) is 5.04. The zero-order valence-electron chi connectivity index (χ0n) is 9.37. The second-order valence-corrected chi connectivity index (χ2v) is 4.27. The van der Waals surface area contributed by atoms with Crippen LogP contribution in [0.1, 0.15) is 26.2 Å². The van der Waals surface area contributed by atoms with Crippen LogP contribution in [-0.2, 0) is 9.53 Å². The van der Waals surface area contributed by atoms with Crippen molar-refractivity contribution in [1.29, 1.82) is 0 Å². The van der Waals surface area contributed by atoms with Crippen molar-refractivity contribution in [3.63, 3.8) is 0 Å². The Morgan fingerprint density at radius 3 is 2.80 bits per heavy atom. The topological polar surface area (TPSA) is 41.6 Å². The molecule has 1 N–H and O–H groups in total. The first-order valence-corrected chi connectivity index (χ1v) is 5.95. The minimum Gasteiger partial charge on any atom is -0.366 e. The van der Waals surface area contributed by atoms with E-state index in [0.717, 1.165) is 13.1 Å². The van der Waals surface area contributed by atoms with Crippen LogP contribution in [0.15, 0.2) is 0 Å². The average molecular weight is 212 g/mol. The smallest absolute Gasteiger partial charge is 0.253 e. The molecule has 1 saturated carbocycles. The molecule has 2 rings (SSSR count). The number of hydrogen-bond donors (Lipinski definition) is 1. The molecule has 1 saturated heterocycles. The van der Waals surface area contributed by atoms with E-state index in [9.17, 15) is 4.79 Å². The summed E-state index contributed by atoms with van der Waals surface area (Å²) in [6, 6.07) is 0.480. The van der Waals surface area contributed by atoms with Crippen molar-refractivity contribution in [3.8, 4) is 0 Å². The average Bonchev–Trinajstić information content (AvgIpc) is 2.23. The third-order valence-electron chi connectivity index (χ3n) is 3.34. The van der Waals surface area contributed by atoms with Gasteiger partial charge in [0.05, 0.1) is 6.61 Å². The van der Waals surface area contributed by atoms with Gasteiger partial charge in [0.2, 0.25) is 0 Å². The Morgan fingerprint density at radius 1 is 1.53 bits per heavy atom. The molecular weight excluding hydrogens is 192 g/mol. The van der Waals surface area contributed by atoms with Gasteiger partial charge in [-0.2, -0.15) is 0 Å². The summed E-state index contributed by atoms with van der Waals surface area (Å²) >= 11 is 0. The highest BCUT2D eigenvalue weighted by Gasteiger charge is 2.32. The van der Waals surface area contributed by atoms with E-state index in [2.05, 4.69) is 5.32 Å². The Balaban J connectivity index is 1.90. The Kier molecular flexibility index (Phi) is 3.59. The molecular formula is C11H20N2O2. The van der Waals surface area contributed by atoms with Crippen LogP contribution >= 0.6 is 0 Å². The van der Waals surface area contributed by atoms with Crippen molar-refractivity contribution in [3.05, 3.63) is 0 Å². The van der Waals surface area contributed by atoms with E-state index in [1.54, 1.807) is 0 Å². The molecule has 4 nitrogen and oxygen atoms in total. The van der Waals surface area contributed by atoms with Gasteiger partial charge in [0.15, 0.2) is 0 Å². The molecule has 2 aliphatic rings. The molecule has 0 bridgehead atoms. The van der Waals surface area contributed by atoms with Gasteiger partial charge in [-0.1, -0.05) is 0 Å². The molecule has 0 aromatic rings. The first-order valence-electron chi connectivity index (χ1n) is 5.95. The fourth-order valence-corrected chi connectivity index (χ4v) is 2.20. The van der Waals surface area contributed by atoms with Gasteiger partial charge in [0, 0.05) is 25.7 Å². The molecule has 0 radical (unpaired) electrons. The van der Waals surface area contributed by atoms with Crippen molar-refractivity contribution < 1.29 is 9.53 Å². The zero-order chi connectivity index (χ0) is 10.7. The predicted octanol–water partition coefficient (Wildman–Crippen LogP) is 0.376. The van der Waals surface area contributed by atoms with Gasteiger partial charge in [-0.05, 0) is 26.2 Å². The Labute approximate surface area is 91.0 Å². The molecule has 1 unspecified atom stereocenters. The first kappa shape index (κ1) is 10.9. The van der Waals surface area contributed by atoms with Crippen molar-refractivity contribution in [2.24, 2.45) is 0 Å². The molecule has 4 heteroatoms. The lowest BCUT2D eigenvalue weighted by molar-refractivity contribution is -0.149. The molecule has 0 aromatic carbocycles. The normalized spacial score (nSPS) is 27.1. The third-order valence-corrected chi connectivity index (χ3v) is 3.34. The van der Waals surface area contributed by atoms with Crippen molar-refractivity contribution in [1.82, 2.24) is 10.2 Å². The van der Waals surface area contributed by atoms with Gasteiger partial charge in [-0.3, -0.25) is 4.79 Å². The lowest BCUT2D eigenvalue weighted by Gasteiger charge is -2.39. The highest BCUT2D eigenvalue weighted by atomic mass is 16.5. The van der Waals surface area contributed by atoms with E-state index in [-0.39, 0.29) is 12.0 Å².